The van der Waals surface area contributed by atoms with Gasteiger partial charge in [0.2, 0.25) is 5.91 Å². The molecule has 0 aliphatic carbocycles. The first-order valence-electron chi connectivity index (χ1n) is 8.01. The van der Waals surface area contributed by atoms with E-state index in [0.717, 1.165) is 0 Å². The number of nitro benzene ring substituents is 1. The summed E-state index contributed by atoms with van der Waals surface area (Å²) in [6.45, 7) is 2.07. The van der Waals surface area contributed by atoms with Crippen molar-refractivity contribution in [2.45, 2.75) is 6.92 Å². The Hall–Kier alpha value is -3.80. The number of carbonyl (C=O) groups is 1. The fraction of sp³-hybridized carbons (Fsp3) is 0.222. The van der Waals surface area contributed by atoms with Crippen molar-refractivity contribution < 1.29 is 19.2 Å². The molecule has 0 atom stereocenters. The van der Waals surface area contributed by atoms with Gasteiger partial charge < -0.3 is 20.1 Å². The lowest BCUT2D eigenvalue weighted by atomic mass is 10.2. The number of nitro groups is 1. The molecule has 1 amide bonds. The van der Waals surface area contributed by atoms with Gasteiger partial charge in [0, 0.05) is 0 Å². The number of rotatable bonds is 8. The van der Waals surface area contributed by atoms with Gasteiger partial charge in [0.25, 0.3) is 5.69 Å². The van der Waals surface area contributed by atoms with E-state index < -0.39 is 10.8 Å². The number of carbonyl (C=O) groups excluding carboxylic acids is 1. The molecule has 0 aliphatic rings. The van der Waals surface area contributed by atoms with Crippen LogP contribution in [0, 0.1) is 21.4 Å². The number of amides is 1. The zero-order valence-electron chi connectivity index (χ0n) is 14.8. The van der Waals surface area contributed by atoms with Gasteiger partial charge in [-0.15, -0.1) is 0 Å². The maximum Gasteiger partial charge on any atom is 0.296 e. The number of hydrogen-bond acceptors (Lipinski definition) is 7. The fourth-order valence-corrected chi connectivity index (χ4v) is 2.28. The van der Waals surface area contributed by atoms with Crippen molar-refractivity contribution in [2.24, 2.45) is 0 Å². The SMILES string of the molecule is CCOc1ccc(C#N)cc1NCC(=O)Nc1ccc(OC)cc1[N+](=O)[O-]. The maximum atomic E-state index is 12.2. The van der Waals surface area contributed by atoms with Crippen LogP contribution < -0.4 is 20.1 Å². The highest BCUT2D eigenvalue weighted by atomic mass is 16.6. The van der Waals surface area contributed by atoms with E-state index in [1.165, 1.54) is 25.3 Å². The molecule has 0 unspecified atom stereocenters. The first kappa shape index (κ1) is 19.5. The predicted octanol–water partition coefficient (Wildman–Crippen LogP) is 2.92. The van der Waals surface area contributed by atoms with E-state index >= 15 is 0 Å². The first-order valence-corrected chi connectivity index (χ1v) is 8.01. The quantitative estimate of drug-likeness (QED) is 0.540. The van der Waals surface area contributed by atoms with E-state index in [1.807, 2.05) is 13.0 Å². The summed E-state index contributed by atoms with van der Waals surface area (Å²) in [5.74, 6) is 0.320. The summed E-state index contributed by atoms with van der Waals surface area (Å²) in [7, 11) is 1.40. The van der Waals surface area contributed by atoms with E-state index in [-0.39, 0.29) is 17.9 Å². The smallest absolute Gasteiger partial charge is 0.296 e. The third-order valence-electron chi connectivity index (χ3n) is 3.52. The normalized spacial score (nSPS) is 9.81. The van der Waals surface area contributed by atoms with Gasteiger partial charge in [-0.3, -0.25) is 14.9 Å². The first-order chi connectivity index (χ1) is 13.0. The monoisotopic (exact) mass is 370 g/mol. The second-order valence-electron chi connectivity index (χ2n) is 5.30. The molecule has 0 bridgehead atoms. The average molecular weight is 370 g/mol. The number of nitriles is 1. The second kappa shape index (κ2) is 9.05. The molecule has 2 N–H and O–H groups in total. The van der Waals surface area contributed by atoms with Crippen LogP contribution in [0.2, 0.25) is 0 Å². The number of benzene rings is 2. The Kier molecular flexibility index (Phi) is 6.55. The Morgan fingerprint density at radius 2 is 2.04 bits per heavy atom. The van der Waals surface area contributed by atoms with Crippen molar-refractivity contribution in [2.75, 3.05) is 30.9 Å². The Balaban J connectivity index is 2.11. The van der Waals surface area contributed by atoms with E-state index in [2.05, 4.69) is 10.6 Å². The van der Waals surface area contributed by atoms with Crippen LogP contribution in [0.3, 0.4) is 0 Å². The molecule has 9 nitrogen and oxygen atoms in total. The minimum atomic E-state index is -0.602. The number of ether oxygens (including phenoxy) is 2. The number of nitrogens with one attached hydrogen (secondary N) is 2. The summed E-state index contributed by atoms with van der Waals surface area (Å²) in [5, 5.41) is 25.6. The Bertz CT molecular complexity index is 892. The summed E-state index contributed by atoms with van der Waals surface area (Å²) in [6, 6.07) is 11.0. The van der Waals surface area contributed by atoms with Crippen LogP contribution in [0.5, 0.6) is 11.5 Å². The highest BCUT2D eigenvalue weighted by Gasteiger charge is 2.17. The molecule has 140 valence electrons. The van der Waals surface area contributed by atoms with Crippen LogP contribution in [-0.2, 0) is 4.79 Å². The molecule has 2 aromatic rings. The van der Waals surface area contributed by atoms with Gasteiger partial charge in [0.1, 0.15) is 17.2 Å². The Morgan fingerprint density at radius 1 is 1.26 bits per heavy atom. The van der Waals surface area contributed by atoms with Crippen molar-refractivity contribution in [1.82, 2.24) is 0 Å². The van der Waals surface area contributed by atoms with Gasteiger partial charge in [-0.25, -0.2) is 0 Å². The van der Waals surface area contributed by atoms with E-state index in [0.29, 0.717) is 29.4 Å². The van der Waals surface area contributed by atoms with Crippen molar-refractivity contribution >= 4 is 23.0 Å². The van der Waals surface area contributed by atoms with E-state index in [1.54, 1.807) is 18.2 Å². The van der Waals surface area contributed by atoms with Crippen molar-refractivity contribution in [1.29, 1.82) is 5.26 Å². The van der Waals surface area contributed by atoms with Gasteiger partial charge in [-0.1, -0.05) is 0 Å². The molecule has 0 fully saturated rings. The molecule has 2 rings (SSSR count). The Labute approximate surface area is 155 Å². The highest BCUT2D eigenvalue weighted by molar-refractivity contribution is 5.96. The molecule has 0 radical (unpaired) electrons. The summed E-state index contributed by atoms with van der Waals surface area (Å²) >= 11 is 0. The van der Waals surface area contributed by atoms with Crippen LogP contribution in [0.25, 0.3) is 0 Å². The van der Waals surface area contributed by atoms with E-state index in [9.17, 15) is 14.9 Å². The number of hydrogen-bond donors (Lipinski definition) is 2. The van der Waals surface area contributed by atoms with Crippen LogP contribution >= 0.6 is 0 Å². The molecule has 0 saturated carbocycles. The summed E-state index contributed by atoms with van der Waals surface area (Å²) in [6.07, 6.45) is 0. The third-order valence-corrected chi connectivity index (χ3v) is 3.52. The lowest BCUT2D eigenvalue weighted by molar-refractivity contribution is -0.384. The maximum absolute atomic E-state index is 12.2. The molecule has 9 heteroatoms. The van der Waals surface area contributed by atoms with Gasteiger partial charge in [-0.05, 0) is 37.3 Å². The van der Waals surface area contributed by atoms with Gasteiger partial charge in [0.15, 0.2) is 0 Å². The van der Waals surface area contributed by atoms with Gasteiger partial charge in [0.05, 0.1) is 48.6 Å². The Morgan fingerprint density at radius 3 is 2.67 bits per heavy atom. The minimum Gasteiger partial charge on any atom is -0.496 e. The largest absolute Gasteiger partial charge is 0.496 e. The summed E-state index contributed by atoms with van der Waals surface area (Å²) < 4.78 is 10.4. The van der Waals surface area contributed by atoms with Crippen LogP contribution in [0.1, 0.15) is 12.5 Å². The predicted molar refractivity (Wildman–Crippen MR) is 99.1 cm³/mol. The number of anilines is 2. The molecule has 0 heterocycles. The second-order valence-corrected chi connectivity index (χ2v) is 5.30. The lowest BCUT2D eigenvalue weighted by Crippen LogP contribution is -2.22. The highest BCUT2D eigenvalue weighted by Crippen LogP contribution is 2.29. The van der Waals surface area contributed by atoms with Crippen LogP contribution in [0.4, 0.5) is 17.1 Å². The zero-order chi connectivity index (χ0) is 19.8. The van der Waals surface area contributed by atoms with Crippen LogP contribution in [-0.4, -0.2) is 31.1 Å². The zero-order valence-corrected chi connectivity index (χ0v) is 14.8. The standard InChI is InChI=1S/C18H18N4O5/c1-3-27-17-7-4-12(10-19)8-15(17)20-11-18(23)21-14-6-5-13(26-2)9-16(14)22(24)25/h4-9,20H,3,11H2,1-2H3,(H,21,23). The molecule has 0 aliphatic heterocycles. The number of nitrogens with zero attached hydrogens (tertiary/aromatic N) is 2. The summed E-state index contributed by atoms with van der Waals surface area (Å²) in [4.78, 5) is 22.8. The van der Waals surface area contributed by atoms with Crippen molar-refractivity contribution in [3.05, 3.63) is 52.1 Å². The van der Waals surface area contributed by atoms with Gasteiger partial charge >= 0.3 is 0 Å². The molecule has 0 saturated heterocycles. The number of methoxy groups -OCH3 is 1. The topological polar surface area (TPSA) is 127 Å². The molecule has 0 spiro atoms. The molecular formula is C18H18N4O5. The molecule has 27 heavy (non-hydrogen) atoms. The summed E-state index contributed by atoms with van der Waals surface area (Å²) in [5.41, 5.74) is 0.676. The lowest BCUT2D eigenvalue weighted by Gasteiger charge is -2.13. The average Bonchev–Trinajstić information content (AvgIpc) is 2.67. The molecule has 2 aromatic carbocycles. The van der Waals surface area contributed by atoms with E-state index in [4.69, 9.17) is 14.7 Å². The minimum absolute atomic E-state index is 0.0587. The fourth-order valence-electron chi connectivity index (χ4n) is 2.28. The van der Waals surface area contributed by atoms with Crippen molar-refractivity contribution in [3.63, 3.8) is 0 Å². The van der Waals surface area contributed by atoms with Crippen molar-refractivity contribution in [3.8, 4) is 17.6 Å². The van der Waals surface area contributed by atoms with Gasteiger partial charge in [-0.2, -0.15) is 5.26 Å². The molecule has 0 aromatic heterocycles. The van der Waals surface area contributed by atoms with Crippen LogP contribution in [0.15, 0.2) is 36.4 Å². The molecular weight excluding hydrogens is 352 g/mol. The third kappa shape index (κ3) is 5.09.